The Labute approximate surface area is 238 Å². The summed E-state index contributed by atoms with van der Waals surface area (Å²) in [5, 5.41) is 20.3. The minimum absolute atomic E-state index is 0.184. The number of rotatable bonds is 8. The Morgan fingerprint density at radius 1 is 1.34 bits per heavy atom. The van der Waals surface area contributed by atoms with Gasteiger partial charge in [-0.05, 0) is 22.0 Å². The van der Waals surface area contributed by atoms with E-state index >= 15 is 0 Å². The lowest BCUT2D eigenvalue weighted by atomic mass is 9.96. The molecule has 3 aromatic rings. The Balaban J connectivity index is 1.74. The molecule has 0 radical (unpaired) electrons. The molecule has 0 N–H and O–H groups in total. The number of pyridine rings is 1. The number of thiazole rings is 1. The first-order chi connectivity index (χ1) is 18.2. The number of methoxy groups -OCH3 is 1. The molecular weight excluding hydrogens is 624 g/mol. The molecule has 0 saturated carbocycles. The molecule has 1 saturated heterocycles. The minimum Gasteiger partial charge on any atom is -0.463 e. The lowest BCUT2D eigenvalue weighted by molar-refractivity contribution is -0.208. The van der Waals surface area contributed by atoms with E-state index in [4.69, 9.17) is 30.5 Å². The van der Waals surface area contributed by atoms with Crippen molar-refractivity contribution >= 4 is 62.6 Å². The van der Waals surface area contributed by atoms with Crippen molar-refractivity contribution in [3.8, 4) is 16.8 Å². The van der Waals surface area contributed by atoms with Gasteiger partial charge in [0.05, 0.1) is 10.7 Å². The molecule has 4 rings (SSSR count). The molecule has 5 atom stereocenters. The fraction of sp³-hybridized carbons (Fsp3) is 0.409. The van der Waals surface area contributed by atoms with Gasteiger partial charge in [0.1, 0.15) is 52.2 Å². The highest BCUT2D eigenvalue weighted by Crippen LogP contribution is 2.41. The van der Waals surface area contributed by atoms with Gasteiger partial charge < -0.3 is 18.9 Å². The number of ether oxygens (including phenoxy) is 4. The Kier molecular flexibility index (Phi) is 9.34. The summed E-state index contributed by atoms with van der Waals surface area (Å²) in [5.41, 5.74) is 0.00640. The molecule has 0 aromatic carbocycles. The van der Waals surface area contributed by atoms with Gasteiger partial charge in [0, 0.05) is 37.4 Å². The van der Waals surface area contributed by atoms with Gasteiger partial charge in [-0.2, -0.15) is 5.26 Å². The summed E-state index contributed by atoms with van der Waals surface area (Å²) in [6.45, 7) is 2.36. The van der Waals surface area contributed by atoms with Gasteiger partial charge in [-0.25, -0.2) is 14.6 Å². The molecule has 12 nitrogen and oxygen atoms in total. The van der Waals surface area contributed by atoms with Gasteiger partial charge >= 0.3 is 11.9 Å². The smallest absolute Gasteiger partial charge is 0.303 e. The first-order valence-electron chi connectivity index (χ1n) is 10.9. The summed E-state index contributed by atoms with van der Waals surface area (Å²) in [6.07, 6.45) is 0.653. The zero-order chi connectivity index (χ0) is 27.4. The molecule has 0 aliphatic carbocycles. The predicted molar refractivity (Wildman–Crippen MR) is 139 cm³/mol. The SMILES string of the molecule is CO[C@@H]1[C@@H](n2cc(-c3nc(Cl)cs3)nn2)[C@@H](OC(C)=O)[C@@H](COC(C)=O)O[C@@H]1Sc1cnc(C#N)c(Br)c1. The van der Waals surface area contributed by atoms with Gasteiger partial charge in [0.15, 0.2) is 11.8 Å². The maximum absolute atomic E-state index is 12.1. The number of nitriles is 1. The zero-order valence-corrected chi connectivity index (χ0v) is 24.1. The van der Waals surface area contributed by atoms with E-state index in [0.717, 1.165) is 0 Å². The fourth-order valence-corrected chi connectivity index (χ4v) is 6.46. The van der Waals surface area contributed by atoms with E-state index in [-0.39, 0.29) is 12.3 Å². The average molecular weight is 644 g/mol. The number of nitrogens with zero attached hydrogens (tertiary/aromatic N) is 6. The minimum atomic E-state index is -0.950. The summed E-state index contributed by atoms with van der Waals surface area (Å²) in [7, 11) is 1.50. The number of hydrogen-bond donors (Lipinski definition) is 0. The lowest BCUT2D eigenvalue weighted by Gasteiger charge is -2.44. The van der Waals surface area contributed by atoms with E-state index in [2.05, 4.69) is 36.2 Å². The highest BCUT2D eigenvalue weighted by molar-refractivity contribution is 9.10. The summed E-state index contributed by atoms with van der Waals surface area (Å²) in [6, 6.07) is 3.00. The van der Waals surface area contributed by atoms with E-state index in [0.29, 0.717) is 25.2 Å². The fourth-order valence-electron chi connectivity index (χ4n) is 3.81. The topological polar surface area (TPSA) is 151 Å². The number of carbonyl (C=O) groups is 2. The van der Waals surface area contributed by atoms with Crippen molar-refractivity contribution < 1.29 is 28.5 Å². The van der Waals surface area contributed by atoms with Gasteiger partial charge in [-0.3, -0.25) is 9.59 Å². The quantitative estimate of drug-likeness (QED) is 0.330. The number of halogens is 2. The van der Waals surface area contributed by atoms with Gasteiger partial charge in [0.2, 0.25) is 0 Å². The van der Waals surface area contributed by atoms with E-state index in [9.17, 15) is 14.9 Å². The molecule has 38 heavy (non-hydrogen) atoms. The Morgan fingerprint density at radius 3 is 2.74 bits per heavy atom. The van der Waals surface area contributed by atoms with Crippen LogP contribution in [0.3, 0.4) is 0 Å². The van der Waals surface area contributed by atoms with E-state index in [1.165, 1.54) is 54.9 Å². The largest absolute Gasteiger partial charge is 0.463 e. The molecule has 0 unspecified atom stereocenters. The maximum atomic E-state index is 12.1. The van der Waals surface area contributed by atoms with Crippen molar-refractivity contribution in [1.29, 1.82) is 5.26 Å². The van der Waals surface area contributed by atoms with Crippen LogP contribution >= 0.6 is 50.6 Å². The molecule has 1 aliphatic rings. The van der Waals surface area contributed by atoms with Crippen molar-refractivity contribution in [3.63, 3.8) is 0 Å². The Hall–Kier alpha value is -2.61. The van der Waals surface area contributed by atoms with Crippen molar-refractivity contribution in [2.24, 2.45) is 0 Å². The van der Waals surface area contributed by atoms with Crippen molar-refractivity contribution in [2.75, 3.05) is 13.7 Å². The third kappa shape index (κ3) is 6.50. The molecule has 4 heterocycles. The third-order valence-corrected chi connectivity index (χ3v) is 8.23. The first kappa shape index (κ1) is 28.4. The normalized spacial score (nSPS) is 23.0. The Bertz CT molecular complexity index is 1370. The molecule has 16 heteroatoms. The van der Waals surface area contributed by atoms with Crippen molar-refractivity contribution in [1.82, 2.24) is 25.0 Å². The molecule has 1 aliphatic heterocycles. The van der Waals surface area contributed by atoms with Crippen LogP contribution in [0.4, 0.5) is 0 Å². The van der Waals surface area contributed by atoms with Crippen LogP contribution < -0.4 is 0 Å². The number of thioether (sulfide) groups is 1. The van der Waals surface area contributed by atoms with Gasteiger partial charge in [0.25, 0.3) is 0 Å². The third-order valence-electron chi connectivity index (χ3n) is 5.33. The first-order valence-corrected chi connectivity index (χ1v) is 13.9. The highest BCUT2D eigenvalue weighted by atomic mass is 79.9. The molecule has 1 fully saturated rings. The summed E-state index contributed by atoms with van der Waals surface area (Å²) < 4.78 is 25.1. The van der Waals surface area contributed by atoms with Gasteiger partial charge in [-0.15, -0.1) is 16.4 Å². The number of aromatic nitrogens is 5. The second-order valence-corrected chi connectivity index (χ2v) is 11.2. The van der Waals surface area contributed by atoms with Crippen molar-refractivity contribution in [3.05, 3.63) is 39.2 Å². The highest BCUT2D eigenvalue weighted by Gasteiger charge is 2.50. The zero-order valence-electron chi connectivity index (χ0n) is 20.1. The molecule has 0 spiro atoms. The Morgan fingerprint density at radius 2 is 2.13 bits per heavy atom. The van der Waals surface area contributed by atoms with Crippen LogP contribution in [0.5, 0.6) is 0 Å². The molecular formula is C22H20BrClN6O6S2. The van der Waals surface area contributed by atoms with Crippen LogP contribution in [-0.4, -0.2) is 74.4 Å². The second-order valence-electron chi connectivity index (χ2n) is 7.90. The van der Waals surface area contributed by atoms with E-state index in [1.54, 1.807) is 17.6 Å². The van der Waals surface area contributed by atoms with Crippen molar-refractivity contribution in [2.45, 2.75) is 48.5 Å². The molecule has 200 valence electrons. The number of hydrogen-bond acceptors (Lipinski definition) is 13. The van der Waals surface area contributed by atoms with Gasteiger partial charge in [-0.1, -0.05) is 28.6 Å². The summed E-state index contributed by atoms with van der Waals surface area (Å²) in [5.74, 6) is -1.08. The van der Waals surface area contributed by atoms with Crippen LogP contribution in [0.15, 0.2) is 33.2 Å². The number of esters is 2. The van der Waals surface area contributed by atoms with E-state index < -0.39 is 41.7 Å². The molecule has 0 bridgehead atoms. The molecule has 0 amide bonds. The van der Waals surface area contributed by atoms with Crippen LogP contribution in [0.2, 0.25) is 5.15 Å². The molecule has 3 aromatic heterocycles. The summed E-state index contributed by atoms with van der Waals surface area (Å²) in [4.78, 5) is 32.8. The summed E-state index contributed by atoms with van der Waals surface area (Å²) >= 11 is 11.9. The van der Waals surface area contributed by atoms with Crippen LogP contribution in [0.25, 0.3) is 10.7 Å². The van der Waals surface area contributed by atoms with Crippen LogP contribution in [0, 0.1) is 11.3 Å². The predicted octanol–water partition coefficient (Wildman–Crippen LogP) is 3.65. The lowest BCUT2D eigenvalue weighted by Crippen LogP contribution is -2.57. The number of carbonyl (C=O) groups excluding carboxylic acids is 2. The van der Waals surface area contributed by atoms with Crippen LogP contribution in [-0.2, 0) is 28.5 Å². The standard InChI is InChI=1S/C22H20BrClN6O6S2/c1-10(31)34-8-16-19(35-11(2)32)18(30-7-15(28-29-30)21-27-17(24)9-37-21)20(33-3)22(36-16)38-12-4-13(23)14(5-25)26-6-12/h4,6-7,9,16,18-20,22H,8H2,1-3H3/t16-,18+,19+,20-,22-/m1/s1. The monoisotopic (exact) mass is 642 g/mol. The van der Waals surface area contributed by atoms with E-state index in [1.807, 2.05) is 6.07 Å². The van der Waals surface area contributed by atoms with Crippen LogP contribution in [0.1, 0.15) is 25.6 Å². The average Bonchev–Trinajstić information content (AvgIpc) is 3.52. The maximum Gasteiger partial charge on any atom is 0.303 e. The second kappa shape index (κ2) is 12.5.